The Morgan fingerprint density at radius 3 is 2.65 bits per heavy atom. The Bertz CT molecular complexity index is 717. The molecular weight excluding hydrogens is 258 g/mol. The van der Waals surface area contributed by atoms with Gasteiger partial charge in [-0.3, -0.25) is 9.59 Å². The van der Waals surface area contributed by atoms with Crippen LogP contribution in [0, 0.1) is 0 Å². The topological polar surface area (TPSA) is 88.4 Å². The van der Waals surface area contributed by atoms with Crippen molar-refractivity contribution in [2.45, 2.75) is 0 Å². The number of nitrogens with two attached hydrogens (primary N) is 1. The van der Waals surface area contributed by atoms with Crippen LogP contribution >= 0.6 is 0 Å². The normalized spacial score (nSPS) is 15.5. The van der Waals surface area contributed by atoms with Gasteiger partial charge in [0.25, 0.3) is 11.5 Å². The number of pyridine rings is 1. The molecule has 0 unspecified atom stereocenters. The second kappa shape index (κ2) is 4.97. The van der Waals surface area contributed by atoms with Gasteiger partial charge in [-0.25, -0.2) is 0 Å². The van der Waals surface area contributed by atoms with E-state index in [-0.39, 0.29) is 11.1 Å². The minimum Gasteiger partial charge on any atom is -0.378 e. The standard InChI is InChI=1S/C14H15N3O3/c15-13(18)11-9-3-1-2-4-10(9)16-14(19)12(11)17-5-7-20-8-6-17/h1-4H,5-8H2,(H2,15,18)(H,16,19). The predicted molar refractivity (Wildman–Crippen MR) is 76.1 cm³/mol. The molecule has 1 aromatic heterocycles. The number of primary amides is 1. The van der Waals surface area contributed by atoms with Crippen molar-refractivity contribution in [3.8, 4) is 0 Å². The van der Waals surface area contributed by atoms with Crippen LogP contribution in [0.3, 0.4) is 0 Å². The zero-order valence-electron chi connectivity index (χ0n) is 10.9. The Balaban J connectivity index is 2.29. The number of ether oxygens (including phenoxy) is 1. The first-order valence-electron chi connectivity index (χ1n) is 6.46. The zero-order chi connectivity index (χ0) is 14.1. The number of para-hydroxylation sites is 1. The number of amides is 1. The van der Waals surface area contributed by atoms with Gasteiger partial charge in [0.2, 0.25) is 0 Å². The van der Waals surface area contributed by atoms with E-state index in [4.69, 9.17) is 10.5 Å². The van der Waals surface area contributed by atoms with Crippen LogP contribution in [0.1, 0.15) is 10.4 Å². The fourth-order valence-electron chi connectivity index (χ4n) is 2.57. The molecule has 0 radical (unpaired) electrons. The zero-order valence-corrected chi connectivity index (χ0v) is 10.9. The molecule has 0 saturated carbocycles. The molecule has 1 aliphatic heterocycles. The molecule has 3 N–H and O–H groups in total. The number of fused-ring (bicyclic) bond motifs is 1. The van der Waals surface area contributed by atoms with Gasteiger partial charge in [-0.2, -0.15) is 0 Å². The molecule has 1 saturated heterocycles. The summed E-state index contributed by atoms with van der Waals surface area (Å²) in [5.74, 6) is -0.589. The maximum absolute atomic E-state index is 12.3. The summed E-state index contributed by atoms with van der Waals surface area (Å²) in [5.41, 5.74) is 6.46. The highest BCUT2D eigenvalue weighted by atomic mass is 16.5. The van der Waals surface area contributed by atoms with Crippen molar-refractivity contribution in [3.05, 3.63) is 40.2 Å². The van der Waals surface area contributed by atoms with Gasteiger partial charge in [0.1, 0.15) is 5.69 Å². The van der Waals surface area contributed by atoms with Gasteiger partial charge >= 0.3 is 0 Å². The number of aromatic amines is 1. The molecule has 6 heteroatoms. The van der Waals surface area contributed by atoms with Crippen molar-refractivity contribution < 1.29 is 9.53 Å². The summed E-state index contributed by atoms with van der Waals surface area (Å²) < 4.78 is 5.28. The van der Waals surface area contributed by atoms with E-state index in [9.17, 15) is 9.59 Å². The molecule has 1 aromatic carbocycles. The van der Waals surface area contributed by atoms with Crippen LogP contribution in [0.25, 0.3) is 10.9 Å². The van der Waals surface area contributed by atoms with Crippen molar-refractivity contribution in [2.75, 3.05) is 31.2 Å². The largest absolute Gasteiger partial charge is 0.378 e. The monoisotopic (exact) mass is 273 g/mol. The summed E-state index contributed by atoms with van der Waals surface area (Å²) in [4.78, 5) is 28.8. The quantitative estimate of drug-likeness (QED) is 0.832. The molecule has 1 fully saturated rings. The van der Waals surface area contributed by atoms with Crippen molar-refractivity contribution >= 4 is 22.5 Å². The fourth-order valence-corrected chi connectivity index (χ4v) is 2.57. The van der Waals surface area contributed by atoms with Gasteiger partial charge < -0.3 is 20.4 Å². The molecular formula is C14H15N3O3. The fraction of sp³-hybridized carbons (Fsp3) is 0.286. The van der Waals surface area contributed by atoms with Crippen LogP contribution in [0.2, 0.25) is 0 Å². The van der Waals surface area contributed by atoms with E-state index in [1.807, 2.05) is 11.0 Å². The number of carbonyl (C=O) groups is 1. The summed E-state index contributed by atoms with van der Waals surface area (Å²) in [6.07, 6.45) is 0. The Morgan fingerprint density at radius 1 is 1.25 bits per heavy atom. The lowest BCUT2D eigenvalue weighted by Crippen LogP contribution is -2.41. The Morgan fingerprint density at radius 2 is 1.95 bits per heavy atom. The number of carbonyl (C=O) groups excluding carboxylic acids is 1. The van der Waals surface area contributed by atoms with Crippen LogP contribution in [-0.2, 0) is 4.74 Å². The highest BCUT2D eigenvalue weighted by molar-refractivity contribution is 6.10. The number of hydrogen-bond donors (Lipinski definition) is 2. The number of nitrogens with one attached hydrogen (secondary N) is 1. The average molecular weight is 273 g/mol. The molecule has 0 spiro atoms. The number of H-pyrrole nitrogens is 1. The number of aromatic nitrogens is 1. The SMILES string of the molecule is NC(=O)c1c(N2CCOCC2)c(=O)[nH]c2ccccc12. The lowest BCUT2D eigenvalue weighted by Gasteiger charge is -2.29. The van der Waals surface area contributed by atoms with E-state index in [0.29, 0.717) is 42.9 Å². The van der Waals surface area contributed by atoms with E-state index in [2.05, 4.69) is 4.98 Å². The maximum atomic E-state index is 12.3. The summed E-state index contributed by atoms with van der Waals surface area (Å²) in [5, 5.41) is 0.668. The number of rotatable bonds is 2. The Labute approximate surface area is 115 Å². The van der Waals surface area contributed by atoms with E-state index in [0.717, 1.165) is 0 Å². The third-order valence-electron chi connectivity index (χ3n) is 3.47. The Hall–Kier alpha value is -2.34. The van der Waals surface area contributed by atoms with Crippen molar-refractivity contribution in [1.29, 1.82) is 0 Å². The van der Waals surface area contributed by atoms with E-state index >= 15 is 0 Å². The molecule has 104 valence electrons. The third-order valence-corrected chi connectivity index (χ3v) is 3.47. The minimum absolute atomic E-state index is 0.284. The number of hydrogen-bond acceptors (Lipinski definition) is 4. The molecule has 0 atom stereocenters. The second-order valence-corrected chi connectivity index (χ2v) is 4.69. The first-order valence-corrected chi connectivity index (χ1v) is 6.46. The van der Waals surface area contributed by atoms with Gasteiger partial charge in [-0.15, -0.1) is 0 Å². The molecule has 2 aromatic rings. The van der Waals surface area contributed by atoms with Crippen LogP contribution < -0.4 is 16.2 Å². The number of anilines is 1. The predicted octanol–water partition coefficient (Wildman–Crippen LogP) is 0.464. The van der Waals surface area contributed by atoms with Crippen LogP contribution in [-0.4, -0.2) is 37.2 Å². The number of morpholine rings is 1. The van der Waals surface area contributed by atoms with Crippen molar-refractivity contribution in [1.82, 2.24) is 4.98 Å². The van der Waals surface area contributed by atoms with Crippen LogP contribution in [0.4, 0.5) is 5.69 Å². The van der Waals surface area contributed by atoms with Crippen molar-refractivity contribution in [3.63, 3.8) is 0 Å². The first kappa shape index (κ1) is 12.7. The van der Waals surface area contributed by atoms with Gasteiger partial charge in [-0.1, -0.05) is 18.2 Å². The smallest absolute Gasteiger partial charge is 0.272 e. The number of nitrogens with zero attached hydrogens (tertiary/aromatic N) is 1. The van der Waals surface area contributed by atoms with Gasteiger partial charge in [0, 0.05) is 24.0 Å². The summed E-state index contributed by atoms with van der Waals surface area (Å²) in [6, 6.07) is 7.16. The van der Waals surface area contributed by atoms with Gasteiger partial charge in [0.15, 0.2) is 0 Å². The molecule has 3 rings (SSSR count). The lowest BCUT2D eigenvalue weighted by molar-refractivity contribution is 0.1000. The van der Waals surface area contributed by atoms with Crippen LogP contribution in [0.5, 0.6) is 0 Å². The van der Waals surface area contributed by atoms with E-state index in [1.54, 1.807) is 18.2 Å². The maximum Gasteiger partial charge on any atom is 0.272 e. The number of benzene rings is 1. The molecule has 6 nitrogen and oxygen atoms in total. The first-order chi connectivity index (χ1) is 9.68. The second-order valence-electron chi connectivity index (χ2n) is 4.69. The third kappa shape index (κ3) is 2.04. The summed E-state index contributed by atoms with van der Waals surface area (Å²) >= 11 is 0. The minimum atomic E-state index is -0.589. The van der Waals surface area contributed by atoms with Crippen molar-refractivity contribution in [2.24, 2.45) is 5.73 Å². The molecule has 20 heavy (non-hydrogen) atoms. The Kier molecular flexibility index (Phi) is 3.15. The summed E-state index contributed by atoms with van der Waals surface area (Å²) in [6.45, 7) is 2.21. The molecule has 1 amide bonds. The highest BCUT2D eigenvalue weighted by Gasteiger charge is 2.23. The average Bonchev–Trinajstić information content (AvgIpc) is 2.46. The van der Waals surface area contributed by atoms with Crippen LogP contribution in [0.15, 0.2) is 29.1 Å². The molecule has 1 aliphatic rings. The highest BCUT2D eigenvalue weighted by Crippen LogP contribution is 2.24. The molecule has 2 heterocycles. The molecule has 0 bridgehead atoms. The van der Waals surface area contributed by atoms with Gasteiger partial charge in [-0.05, 0) is 6.07 Å². The van der Waals surface area contributed by atoms with E-state index in [1.165, 1.54) is 0 Å². The molecule has 0 aliphatic carbocycles. The lowest BCUT2D eigenvalue weighted by atomic mass is 10.1. The van der Waals surface area contributed by atoms with E-state index < -0.39 is 5.91 Å². The summed E-state index contributed by atoms with van der Waals surface area (Å²) in [7, 11) is 0. The van der Waals surface area contributed by atoms with Gasteiger partial charge in [0.05, 0.1) is 18.8 Å².